The molecule has 0 unspecified atom stereocenters. The molecule has 3 nitrogen and oxygen atoms in total. The van der Waals surface area contributed by atoms with Crippen LogP contribution in [0.5, 0.6) is 0 Å². The van der Waals surface area contributed by atoms with Crippen LogP contribution in [0.4, 0.5) is 5.69 Å². The van der Waals surface area contributed by atoms with Crippen LogP contribution in [0.25, 0.3) is 0 Å². The van der Waals surface area contributed by atoms with E-state index in [-0.39, 0.29) is 0 Å². The van der Waals surface area contributed by atoms with Gasteiger partial charge in [0.15, 0.2) is 0 Å². The SMILES string of the molecule is CCN(c1ccccc1)S(=O)(=O)c1cc(CCl)sc1C. The number of hydrogen-bond donors (Lipinski definition) is 0. The summed E-state index contributed by atoms with van der Waals surface area (Å²) in [5, 5.41) is 0. The second kappa shape index (κ2) is 6.16. The second-order valence-corrected chi connectivity index (χ2v) is 7.71. The van der Waals surface area contributed by atoms with Gasteiger partial charge >= 0.3 is 0 Å². The lowest BCUT2D eigenvalue weighted by atomic mass is 10.3. The Morgan fingerprint density at radius 2 is 1.90 bits per heavy atom. The Labute approximate surface area is 128 Å². The van der Waals surface area contributed by atoms with Crippen molar-refractivity contribution in [3.05, 3.63) is 46.2 Å². The van der Waals surface area contributed by atoms with E-state index >= 15 is 0 Å². The molecule has 0 aliphatic rings. The van der Waals surface area contributed by atoms with Crippen LogP contribution in [0.2, 0.25) is 0 Å². The molecule has 20 heavy (non-hydrogen) atoms. The summed E-state index contributed by atoms with van der Waals surface area (Å²) in [6.07, 6.45) is 0. The number of thiophene rings is 1. The molecule has 0 N–H and O–H groups in total. The van der Waals surface area contributed by atoms with E-state index in [0.717, 1.165) is 9.75 Å². The molecule has 0 fully saturated rings. The molecule has 0 spiro atoms. The number of aryl methyl sites for hydroxylation is 1. The van der Waals surface area contributed by atoms with Crippen molar-refractivity contribution in [3.63, 3.8) is 0 Å². The predicted octanol–water partition coefficient (Wildman–Crippen LogP) is 4.01. The average Bonchev–Trinajstić information content (AvgIpc) is 2.82. The van der Waals surface area contributed by atoms with E-state index in [4.69, 9.17) is 11.6 Å². The molecular formula is C14H16ClNO2S2. The van der Waals surface area contributed by atoms with E-state index < -0.39 is 10.0 Å². The maximum atomic E-state index is 12.8. The zero-order valence-electron chi connectivity index (χ0n) is 11.3. The Bertz CT molecular complexity index is 680. The van der Waals surface area contributed by atoms with Gasteiger partial charge in [-0.1, -0.05) is 18.2 Å². The molecule has 6 heteroatoms. The van der Waals surface area contributed by atoms with Gasteiger partial charge < -0.3 is 0 Å². The fourth-order valence-corrected chi connectivity index (χ4v) is 5.22. The highest BCUT2D eigenvalue weighted by molar-refractivity contribution is 7.93. The van der Waals surface area contributed by atoms with Gasteiger partial charge in [0.1, 0.15) is 4.90 Å². The second-order valence-electron chi connectivity index (χ2n) is 4.27. The molecular weight excluding hydrogens is 314 g/mol. The van der Waals surface area contributed by atoms with Crippen LogP contribution >= 0.6 is 22.9 Å². The highest BCUT2D eigenvalue weighted by Gasteiger charge is 2.26. The number of benzene rings is 1. The first kappa shape index (κ1) is 15.4. The molecule has 1 aromatic heterocycles. The summed E-state index contributed by atoms with van der Waals surface area (Å²) in [6, 6.07) is 10.8. The fourth-order valence-electron chi connectivity index (χ4n) is 2.05. The maximum absolute atomic E-state index is 12.8. The van der Waals surface area contributed by atoms with Crippen molar-refractivity contribution in [1.29, 1.82) is 0 Å². The summed E-state index contributed by atoms with van der Waals surface area (Å²) in [5.74, 6) is 0.332. The van der Waals surface area contributed by atoms with Gasteiger partial charge in [-0.3, -0.25) is 4.31 Å². The third-order valence-corrected chi connectivity index (χ3v) is 6.61. The van der Waals surface area contributed by atoms with Gasteiger partial charge in [0.25, 0.3) is 10.0 Å². The van der Waals surface area contributed by atoms with E-state index in [1.165, 1.54) is 15.6 Å². The zero-order chi connectivity index (χ0) is 14.8. The lowest BCUT2D eigenvalue weighted by Gasteiger charge is -2.22. The number of alkyl halides is 1. The fraction of sp³-hybridized carbons (Fsp3) is 0.286. The minimum absolute atomic E-state index is 0.332. The molecule has 2 rings (SSSR count). The molecule has 2 aromatic rings. The minimum atomic E-state index is -3.54. The molecule has 0 amide bonds. The number of anilines is 1. The molecule has 0 radical (unpaired) electrons. The van der Waals surface area contributed by atoms with Gasteiger partial charge in [0, 0.05) is 16.3 Å². The molecule has 1 heterocycles. The lowest BCUT2D eigenvalue weighted by molar-refractivity contribution is 0.591. The molecule has 0 saturated carbocycles. The number of hydrogen-bond acceptors (Lipinski definition) is 3. The van der Waals surface area contributed by atoms with Gasteiger partial charge in [0.2, 0.25) is 0 Å². The van der Waals surface area contributed by atoms with Crippen molar-refractivity contribution in [3.8, 4) is 0 Å². The van der Waals surface area contributed by atoms with Crippen LogP contribution in [0.3, 0.4) is 0 Å². The number of halogens is 1. The highest BCUT2D eigenvalue weighted by atomic mass is 35.5. The van der Waals surface area contributed by atoms with Crippen molar-refractivity contribution in [2.45, 2.75) is 24.6 Å². The Morgan fingerprint density at radius 1 is 1.25 bits per heavy atom. The zero-order valence-corrected chi connectivity index (χ0v) is 13.7. The van der Waals surface area contributed by atoms with Gasteiger partial charge in [0.05, 0.1) is 11.6 Å². The average molecular weight is 330 g/mol. The monoisotopic (exact) mass is 329 g/mol. The molecule has 0 atom stereocenters. The number of rotatable bonds is 5. The Kier molecular flexibility index (Phi) is 4.73. The normalized spacial score (nSPS) is 11.6. The van der Waals surface area contributed by atoms with E-state index in [0.29, 0.717) is 23.0 Å². The van der Waals surface area contributed by atoms with E-state index in [2.05, 4.69) is 0 Å². The first-order chi connectivity index (χ1) is 9.50. The van der Waals surface area contributed by atoms with Crippen LogP contribution < -0.4 is 4.31 Å². The van der Waals surface area contributed by atoms with Crippen molar-refractivity contribution in [1.82, 2.24) is 0 Å². The number of nitrogens with zero attached hydrogens (tertiary/aromatic N) is 1. The maximum Gasteiger partial charge on any atom is 0.265 e. The quantitative estimate of drug-likeness (QED) is 0.777. The minimum Gasteiger partial charge on any atom is -0.267 e. The molecule has 0 aliphatic heterocycles. The first-order valence-electron chi connectivity index (χ1n) is 6.23. The molecule has 0 aliphatic carbocycles. The molecule has 1 aromatic carbocycles. The standard InChI is InChI=1S/C14H16ClNO2S2/c1-3-16(12-7-5-4-6-8-12)20(17,18)14-9-13(10-15)19-11(14)2/h4-9H,3,10H2,1-2H3. The summed E-state index contributed by atoms with van der Waals surface area (Å²) in [4.78, 5) is 1.99. The van der Waals surface area contributed by atoms with E-state index in [9.17, 15) is 8.42 Å². The molecule has 108 valence electrons. The first-order valence-corrected chi connectivity index (χ1v) is 9.03. The van der Waals surface area contributed by atoms with Crippen molar-refractivity contribution in [2.24, 2.45) is 0 Å². The van der Waals surface area contributed by atoms with Crippen LogP contribution in [-0.4, -0.2) is 15.0 Å². The van der Waals surface area contributed by atoms with Gasteiger partial charge in [-0.2, -0.15) is 0 Å². The van der Waals surface area contributed by atoms with Gasteiger partial charge in [-0.25, -0.2) is 8.42 Å². The summed E-state index contributed by atoms with van der Waals surface area (Å²) >= 11 is 7.22. The largest absolute Gasteiger partial charge is 0.267 e. The predicted molar refractivity (Wildman–Crippen MR) is 85.3 cm³/mol. The van der Waals surface area contributed by atoms with Crippen LogP contribution in [0.1, 0.15) is 16.7 Å². The van der Waals surface area contributed by atoms with Gasteiger partial charge in [-0.15, -0.1) is 22.9 Å². The summed E-state index contributed by atoms with van der Waals surface area (Å²) < 4.78 is 27.0. The van der Waals surface area contributed by atoms with Crippen LogP contribution in [-0.2, 0) is 15.9 Å². The summed E-state index contributed by atoms with van der Waals surface area (Å²) in [7, 11) is -3.54. The number of para-hydroxylation sites is 1. The topological polar surface area (TPSA) is 37.4 Å². The van der Waals surface area contributed by atoms with Gasteiger partial charge in [-0.05, 0) is 32.0 Å². The van der Waals surface area contributed by atoms with Crippen molar-refractivity contribution < 1.29 is 8.42 Å². The molecule has 0 saturated heterocycles. The third-order valence-electron chi connectivity index (χ3n) is 2.95. The molecule has 0 bridgehead atoms. The van der Waals surface area contributed by atoms with Crippen molar-refractivity contribution >= 4 is 38.6 Å². The Hall–Kier alpha value is -1.04. The van der Waals surface area contributed by atoms with Crippen molar-refractivity contribution in [2.75, 3.05) is 10.8 Å². The van der Waals surface area contributed by atoms with Crippen LogP contribution in [0.15, 0.2) is 41.3 Å². The Balaban J connectivity index is 2.49. The van der Waals surface area contributed by atoms with E-state index in [1.807, 2.05) is 32.0 Å². The smallest absolute Gasteiger partial charge is 0.265 e. The van der Waals surface area contributed by atoms with Crippen LogP contribution in [0, 0.1) is 6.92 Å². The summed E-state index contributed by atoms with van der Waals surface area (Å²) in [5.41, 5.74) is 0.674. The highest BCUT2D eigenvalue weighted by Crippen LogP contribution is 2.31. The lowest BCUT2D eigenvalue weighted by Crippen LogP contribution is -2.30. The number of sulfonamides is 1. The Morgan fingerprint density at radius 3 is 2.40 bits per heavy atom. The summed E-state index contributed by atoms with van der Waals surface area (Å²) in [6.45, 7) is 4.03. The third kappa shape index (κ3) is 2.85. The van der Waals surface area contributed by atoms with E-state index in [1.54, 1.807) is 18.2 Å².